The van der Waals surface area contributed by atoms with Crippen LogP contribution in [0.3, 0.4) is 0 Å². The van der Waals surface area contributed by atoms with Gasteiger partial charge in [0.05, 0.1) is 28.6 Å². The van der Waals surface area contributed by atoms with Crippen molar-refractivity contribution in [1.29, 1.82) is 0 Å². The van der Waals surface area contributed by atoms with E-state index in [0.29, 0.717) is 0 Å². The molecule has 0 spiro atoms. The highest BCUT2D eigenvalue weighted by Gasteiger charge is 2.20. The molecule has 21 heavy (non-hydrogen) atoms. The smallest absolute Gasteiger partial charge is 0.281 e. The Hall–Kier alpha value is -2.32. The predicted octanol–water partition coefficient (Wildman–Crippen LogP) is 2.31. The Morgan fingerprint density at radius 1 is 1.48 bits per heavy atom. The van der Waals surface area contributed by atoms with Gasteiger partial charge in [-0.3, -0.25) is 15.1 Å². The van der Waals surface area contributed by atoms with Crippen molar-refractivity contribution in [1.82, 2.24) is 4.98 Å². The summed E-state index contributed by atoms with van der Waals surface area (Å²) in [4.78, 5) is 14.4. The summed E-state index contributed by atoms with van der Waals surface area (Å²) in [7, 11) is 2.91. The number of non-ortho nitro benzene ring substituents is 1. The second-order valence-electron chi connectivity index (χ2n) is 4.19. The van der Waals surface area contributed by atoms with Crippen LogP contribution in [0.5, 0.6) is 0 Å². The molecule has 0 unspecified atom stereocenters. The van der Waals surface area contributed by atoms with Crippen molar-refractivity contribution < 1.29 is 18.8 Å². The number of pyridine rings is 1. The third kappa shape index (κ3) is 3.06. The van der Waals surface area contributed by atoms with Crippen LogP contribution in [-0.2, 0) is 9.47 Å². The molecule has 2 rings (SSSR count). The number of nitrogens with one attached hydrogen (secondary N) is 1. The fourth-order valence-corrected chi connectivity index (χ4v) is 1.96. The molecule has 1 aromatic heterocycles. The van der Waals surface area contributed by atoms with E-state index in [1.807, 2.05) is 0 Å². The molecule has 0 amide bonds. The second-order valence-corrected chi connectivity index (χ2v) is 4.19. The summed E-state index contributed by atoms with van der Waals surface area (Å²) in [5.74, 6) is -0.751. The van der Waals surface area contributed by atoms with Gasteiger partial charge in [0.1, 0.15) is 5.52 Å². The molecule has 0 aliphatic heterocycles. The Bertz CT molecular complexity index is 661. The monoisotopic (exact) mass is 295 g/mol. The molecule has 0 fully saturated rings. The van der Waals surface area contributed by atoms with Crippen LogP contribution in [0, 0.1) is 15.9 Å². The van der Waals surface area contributed by atoms with Gasteiger partial charge in [0.2, 0.25) is 0 Å². The highest BCUT2D eigenvalue weighted by atomic mass is 19.1. The van der Waals surface area contributed by atoms with Gasteiger partial charge in [0.25, 0.3) is 5.69 Å². The molecule has 1 aromatic carbocycles. The summed E-state index contributed by atoms with van der Waals surface area (Å²) in [6.45, 7) is 0.174. The van der Waals surface area contributed by atoms with Gasteiger partial charge < -0.3 is 14.8 Å². The van der Waals surface area contributed by atoms with E-state index < -0.39 is 17.0 Å². The van der Waals surface area contributed by atoms with Gasteiger partial charge in [-0.05, 0) is 12.1 Å². The van der Waals surface area contributed by atoms with Gasteiger partial charge in [-0.2, -0.15) is 0 Å². The maximum atomic E-state index is 14.1. The van der Waals surface area contributed by atoms with Crippen molar-refractivity contribution in [2.75, 3.05) is 26.1 Å². The number of benzene rings is 1. The van der Waals surface area contributed by atoms with Gasteiger partial charge >= 0.3 is 0 Å². The van der Waals surface area contributed by atoms with E-state index in [1.165, 1.54) is 26.5 Å². The number of hydrogen-bond acceptors (Lipinski definition) is 6. The van der Waals surface area contributed by atoms with Crippen LogP contribution in [0.25, 0.3) is 10.9 Å². The second kappa shape index (κ2) is 6.42. The number of nitrogens with zero attached hydrogens (tertiary/aromatic N) is 2. The molecule has 8 heteroatoms. The molecule has 0 saturated carbocycles. The van der Waals surface area contributed by atoms with Crippen molar-refractivity contribution in [2.24, 2.45) is 0 Å². The number of nitro groups is 1. The summed E-state index contributed by atoms with van der Waals surface area (Å²) in [5.41, 5.74) is -0.0540. The maximum absolute atomic E-state index is 14.1. The zero-order valence-electron chi connectivity index (χ0n) is 11.5. The lowest BCUT2D eigenvalue weighted by molar-refractivity contribution is -0.383. The number of halogens is 1. The lowest BCUT2D eigenvalue weighted by Crippen LogP contribution is -2.24. The first-order valence-electron chi connectivity index (χ1n) is 6.09. The Morgan fingerprint density at radius 3 is 2.81 bits per heavy atom. The molecule has 0 saturated heterocycles. The van der Waals surface area contributed by atoms with Crippen LogP contribution >= 0.6 is 0 Å². The lowest BCUT2D eigenvalue weighted by atomic mass is 10.1. The number of fused-ring (bicyclic) bond motifs is 1. The SMILES string of the molecule is COC(CNc1c(F)cc([N+](=O)[O-])c2cccnc12)OC. The van der Waals surface area contributed by atoms with Gasteiger partial charge in [0, 0.05) is 20.4 Å². The maximum Gasteiger partial charge on any atom is 0.281 e. The third-order valence-corrected chi connectivity index (χ3v) is 2.99. The standard InChI is InChI=1S/C13H14FN3O4/c1-20-11(21-2)7-16-13-9(14)6-10(17(18)19)8-4-3-5-15-12(8)13/h3-6,11,16H,7H2,1-2H3. The average Bonchev–Trinajstić information content (AvgIpc) is 2.49. The number of nitro benzene ring substituents is 1. The zero-order valence-corrected chi connectivity index (χ0v) is 11.5. The first kappa shape index (κ1) is 15.1. The predicted molar refractivity (Wildman–Crippen MR) is 74.7 cm³/mol. The minimum absolute atomic E-state index is 0.0790. The lowest BCUT2D eigenvalue weighted by Gasteiger charge is -2.16. The molecule has 0 aliphatic carbocycles. The fraction of sp³-hybridized carbons (Fsp3) is 0.308. The highest BCUT2D eigenvalue weighted by molar-refractivity contribution is 5.97. The van der Waals surface area contributed by atoms with Gasteiger partial charge in [-0.15, -0.1) is 0 Å². The van der Waals surface area contributed by atoms with Gasteiger partial charge in [-0.1, -0.05) is 0 Å². The number of methoxy groups -OCH3 is 2. The van der Waals surface area contributed by atoms with E-state index in [0.717, 1.165) is 6.07 Å². The van der Waals surface area contributed by atoms with Crippen molar-refractivity contribution in [3.8, 4) is 0 Å². The Kier molecular flexibility index (Phi) is 4.61. The van der Waals surface area contributed by atoms with Crippen LogP contribution in [-0.4, -0.2) is 37.0 Å². The Balaban J connectivity index is 2.47. The van der Waals surface area contributed by atoms with Crippen LogP contribution in [0.4, 0.5) is 15.8 Å². The third-order valence-electron chi connectivity index (χ3n) is 2.99. The van der Waals surface area contributed by atoms with E-state index in [4.69, 9.17) is 9.47 Å². The van der Waals surface area contributed by atoms with Crippen LogP contribution in [0.15, 0.2) is 24.4 Å². The van der Waals surface area contributed by atoms with E-state index in [1.54, 1.807) is 6.07 Å². The molecule has 1 heterocycles. The minimum atomic E-state index is -0.751. The molecule has 0 atom stereocenters. The number of hydrogen-bond donors (Lipinski definition) is 1. The summed E-state index contributed by atoms with van der Waals surface area (Å²) >= 11 is 0. The van der Waals surface area contributed by atoms with Crippen molar-refractivity contribution in [2.45, 2.75) is 6.29 Å². The number of anilines is 1. The van der Waals surface area contributed by atoms with Crippen LogP contribution in [0.2, 0.25) is 0 Å². The Labute approximate surface area is 119 Å². The molecular formula is C13H14FN3O4. The molecule has 2 aromatic rings. The molecule has 0 bridgehead atoms. The minimum Gasteiger partial charge on any atom is -0.376 e. The molecule has 0 aliphatic rings. The molecule has 0 radical (unpaired) electrons. The van der Waals surface area contributed by atoms with E-state index in [2.05, 4.69) is 10.3 Å². The molecular weight excluding hydrogens is 281 g/mol. The highest BCUT2D eigenvalue weighted by Crippen LogP contribution is 2.32. The van der Waals surface area contributed by atoms with Gasteiger partial charge in [0.15, 0.2) is 12.1 Å². The van der Waals surface area contributed by atoms with E-state index in [9.17, 15) is 14.5 Å². The number of aromatic nitrogens is 1. The Morgan fingerprint density at radius 2 is 2.19 bits per heavy atom. The number of ether oxygens (including phenoxy) is 2. The van der Waals surface area contributed by atoms with Gasteiger partial charge in [-0.25, -0.2) is 4.39 Å². The summed E-state index contributed by atoms with van der Waals surface area (Å²) in [5, 5.41) is 14.1. The summed E-state index contributed by atoms with van der Waals surface area (Å²) in [6.07, 6.45) is 0.874. The van der Waals surface area contributed by atoms with Crippen molar-refractivity contribution in [3.05, 3.63) is 40.3 Å². The zero-order chi connectivity index (χ0) is 15.4. The molecule has 112 valence electrons. The topological polar surface area (TPSA) is 86.5 Å². The largest absolute Gasteiger partial charge is 0.376 e. The number of rotatable bonds is 6. The summed E-state index contributed by atoms with van der Waals surface area (Å²) < 4.78 is 24.1. The van der Waals surface area contributed by atoms with Crippen molar-refractivity contribution >= 4 is 22.3 Å². The van der Waals surface area contributed by atoms with E-state index >= 15 is 0 Å². The van der Waals surface area contributed by atoms with Crippen LogP contribution in [0.1, 0.15) is 0 Å². The first-order valence-corrected chi connectivity index (χ1v) is 6.09. The molecule has 7 nitrogen and oxygen atoms in total. The normalized spacial score (nSPS) is 11.0. The first-order chi connectivity index (χ1) is 10.1. The summed E-state index contributed by atoms with van der Waals surface area (Å²) in [6, 6.07) is 3.96. The fourth-order valence-electron chi connectivity index (χ4n) is 1.96. The average molecular weight is 295 g/mol. The quantitative estimate of drug-likeness (QED) is 0.500. The van der Waals surface area contributed by atoms with Crippen LogP contribution < -0.4 is 5.32 Å². The van der Waals surface area contributed by atoms with E-state index in [-0.39, 0.29) is 28.8 Å². The molecule has 1 N–H and O–H groups in total. The van der Waals surface area contributed by atoms with Crippen molar-refractivity contribution in [3.63, 3.8) is 0 Å².